The van der Waals surface area contributed by atoms with Crippen molar-refractivity contribution in [3.05, 3.63) is 29.5 Å². The van der Waals surface area contributed by atoms with Gasteiger partial charge in [0.25, 0.3) is 0 Å². The van der Waals surface area contributed by atoms with Crippen LogP contribution in [-0.4, -0.2) is 30.2 Å². The average Bonchev–Trinajstić information content (AvgIpc) is 2.94. The molecule has 0 aliphatic heterocycles. The number of hydrogen-bond donors (Lipinski definition) is 1. The molecule has 0 fully saturated rings. The van der Waals surface area contributed by atoms with E-state index in [0.29, 0.717) is 23.9 Å². The highest BCUT2D eigenvalue weighted by Crippen LogP contribution is 2.10. The van der Waals surface area contributed by atoms with Gasteiger partial charge in [0.2, 0.25) is 5.89 Å². The van der Waals surface area contributed by atoms with Gasteiger partial charge < -0.3 is 9.73 Å². The SMILES string of the molecule is Cc1nc(CNc2ccc3nnnn3n2)oc1C. The molecule has 0 amide bonds. The minimum absolute atomic E-state index is 0.468. The monoisotopic (exact) mass is 245 g/mol. The number of nitrogens with zero attached hydrogens (tertiary/aromatic N) is 6. The van der Waals surface area contributed by atoms with Gasteiger partial charge in [-0.1, -0.05) is 0 Å². The molecule has 18 heavy (non-hydrogen) atoms. The van der Waals surface area contributed by atoms with Gasteiger partial charge in [0.15, 0.2) is 5.65 Å². The second kappa shape index (κ2) is 4.06. The Bertz CT molecular complexity index is 667. The van der Waals surface area contributed by atoms with E-state index in [9.17, 15) is 0 Å². The van der Waals surface area contributed by atoms with Crippen molar-refractivity contribution in [1.82, 2.24) is 30.2 Å². The van der Waals surface area contributed by atoms with E-state index in [2.05, 4.69) is 30.9 Å². The van der Waals surface area contributed by atoms with Gasteiger partial charge >= 0.3 is 0 Å². The first-order chi connectivity index (χ1) is 8.72. The molecule has 8 heteroatoms. The van der Waals surface area contributed by atoms with E-state index >= 15 is 0 Å². The summed E-state index contributed by atoms with van der Waals surface area (Å²) in [5.41, 5.74) is 1.50. The van der Waals surface area contributed by atoms with Crippen molar-refractivity contribution < 1.29 is 4.42 Å². The Morgan fingerprint density at radius 2 is 2.22 bits per heavy atom. The van der Waals surface area contributed by atoms with Crippen LogP contribution in [0.3, 0.4) is 0 Å². The van der Waals surface area contributed by atoms with E-state index < -0.39 is 0 Å². The number of aromatic nitrogens is 6. The maximum absolute atomic E-state index is 5.46. The zero-order valence-corrected chi connectivity index (χ0v) is 9.95. The molecule has 3 rings (SSSR count). The summed E-state index contributed by atoms with van der Waals surface area (Å²) in [6.07, 6.45) is 0. The molecule has 3 heterocycles. The Kier molecular flexibility index (Phi) is 2.40. The fourth-order valence-electron chi connectivity index (χ4n) is 1.52. The Balaban J connectivity index is 1.76. The minimum atomic E-state index is 0.468. The van der Waals surface area contributed by atoms with E-state index in [0.717, 1.165) is 11.5 Å². The largest absolute Gasteiger partial charge is 0.444 e. The molecule has 8 nitrogen and oxygen atoms in total. The Labute approximate surface area is 102 Å². The van der Waals surface area contributed by atoms with E-state index in [1.165, 1.54) is 4.63 Å². The lowest BCUT2D eigenvalue weighted by atomic mass is 10.4. The molecule has 0 aromatic carbocycles. The number of fused-ring (bicyclic) bond motifs is 1. The summed E-state index contributed by atoms with van der Waals surface area (Å²) in [4.78, 5) is 4.27. The van der Waals surface area contributed by atoms with E-state index in [-0.39, 0.29) is 0 Å². The third-order valence-corrected chi connectivity index (χ3v) is 2.56. The predicted octanol–water partition coefficient (Wildman–Crippen LogP) is 0.736. The van der Waals surface area contributed by atoms with Crippen LogP contribution in [0.2, 0.25) is 0 Å². The van der Waals surface area contributed by atoms with Gasteiger partial charge in [-0.2, -0.15) is 0 Å². The van der Waals surface area contributed by atoms with Crippen LogP contribution < -0.4 is 5.32 Å². The molecule has 0 spiro atoms. The number of oxazole rings is 1. The number of tetrazole rings is 1. The van der Waals surface area contributed by atoms with Crippen LogP contribution in [0.4, 0.5) is 5.82 Å². The van der Waals surface area contributed by atoms with Gasteiger partial charge in [0.05, 0.1) is 12.2 Å². The zero-order chi connectivity index (χ0) is 12.5. The van der Waals surface area contributed by atoms with Crippen LogP contribution in [0, 0.1) is 13.8 Å². The number of anilines is 1. The van der Waals surface area contributed by atoms with Crippen LogP contribution in [0.1, 0.15) is 17.3 Å². The van der Waals surface area contributed by atoms with E-state index in [1.807, 2.05) is 13.8 Å². The first kappa shape index (κ1) is 10.6. The molecule has 0 bridgehead atoms. The molecule has 1 N–H and O–H groups in total. The molecular formula is C10H11N7O. The maximum atomic E-state index is 5.46. The summed E-state index contributed by atoms with van der Waals surface area (Å²) in [6.45, 7) is 4.26. The summed E-state index contributed by atoms with van der Waals surface area (Å²) < 4.78 is 6.82. The topological polar surface area (TPSA) is 94.0 Å². The molecule has 3 aromatic rings. The van der Waals surface area contributed by atoms with Gasteiger partial charge in [-0.3, -0.25) is 0 Å². The first-order valence-electron chi connectivity index (χ1n) is 5.44. The molecule has 0 unspecified atom stereocenters. The maximum Gasteiger partial charge on any atom is 0.213 e. The Hall–Kier alpha value is -2.51. The molecule has 0 aliphatic carbocycles. The fourth-order valence-corrected chi connectivity index (χ4v) is 1.52. The third kappa shape index (κ3) is 1.88. The Morgan fingerprint density at radius 3 is 3.00 bits per heavy atom. The lowest BCUT2D eigenvalue weighted by Gasteiger charge is -2.01. The lowest BCUT2D eigenvalue weighted by molar-refractivity contribution is 0.478. The second-order valence-corrected chi connectivity index (χ2v) is 3.85. The lowest BCUT2D eigenvalue weighted by Crippen LogP contribution is -2.05. The molecule has 0 atom stereocenters. The summed E-state index contributed by atoms with van der Waals surface area (Å²) in [6, 6.07) is 3.58. The van der Waals surface area contributed by atoms with Crippen LogP contribution in [0.15, 0.2) is 16.5 Å². The van der Waals surface area contributed by atoms with Crippen molar-refractivity contribution in [2.45, 2.75) is 20.4 Å². The highest BCUT2D eigenvalue weighted by Gasteiger charge is 2.06. The molecule has 0 saturated heterocycles. The molecule has 0 saturated carbocycles. The van der Waals surface area contributed by atoms with Gasteiger partial charge in [-0.25, -0.2) is 4.98 Å². The zero-order valence-electron chi connectivity index (χ0n) is 9.95. The first-order valence-corrected chi connectivity index (χ1v) is 5.44. The van der Waals surface area contributed by atoms with Crippen LogP contribution in [0.25, 0.3) is 5.65 Å². The fraction of sp³-hybridized carbons (Fsp3) is 0.300. The number of aryl methyl sites for hydroxylation is 2. The normalized spacial score (nSPS) is 11.0. The van der Waals surface area contributed by atoms with E-state index in [1.54, 1.807) is 12.1 Å². The molecule has 92 valence electrons. The highest BCUT2D eigenvalue weighted by atomic mass is 16.4. The number of hydrogen-bond acceptors (Lipinski definition) is 7. The second-order valence-electron chi connectivity index (χ2n) is 3.85. The Morgan fingerprint density at radius 1 is 1.33 bits per heavy atom. The van der Waals surface area contributed by atoms with Gasteiger partial charge in [-0.05, 0) is 36.4 Å². The van der Waals surface area contributed by atoms with Crippen LogP contribution in [-0.2, 0) is 6.54 Å². The van der Waals surface area contributed by atoms with Gasteiger partial charge in [0, 0.05) is 0 Å². The van der Waals surface area contributed by atoms with Crippen LogP contribution >= 0.6 is 0 Å². The molecular weight excluding hydrogens is 234 g/mol. The molecule has 0 radical (unpaired) electrons. The minimum Gasteiger partial charge on any atom is -0.444 e. The highest BCUT2D eigenvalue weighted by molar-refractivity contribution is 5.42. The van der Waals surface area contributed by atoms with Crippen molar-refractivity contribution >= 4 is 11.5 Å². The smallest absolute Gasteiger partial charge is 0.213 e. The van der Waals surface area contributed by atoms with Crippen molar-refractivity contribution in [2.75, 3.05) is 5.32 Å². The summed E-state index contributed by atoms with van der Waals surface area (Å²) in [5, 5.41) is 18.3. The van der Waals surface area contributed by atoms with Crippen molar-refractivity contribution in [3.8, 4) is 0 Å². The number of rotatable bonds is 3. The van der Waals surface area contributed by atoms with Crippen molar-refractivity contribution in [3.63, 3.8) is 0 Å². The molecule has 3 aromatic heterocycles. The van der Waals surface area contributed by atoms with Crippen molar-refractivity contribution in [2.24, 2.45) is 0 Å². The van der Waals surface area contributed by atoms with Gasteiger partial charge in [0.1, 0.15) is 11.6 Å². The average molecular weight is 245 g/mol. The quantitative estimate of drug-likeness (QED) is 0.727. The third-order valence-electron chi connectivity index (χ3n) is 2.56. The standard InChI is InChI=1S/C10H11N7O/c1-6-7(2)18-10(12-6)5-11-8-3-4-9-13-15-16-17(9)14-8/h3-4H,5H2,1-2H3,(H,11,14). The summed E-state index contributed by atoms with van der Waals surface area (Å²) in [7, 11) is 0. The van der Waals surface area contributed by atoms with E-state index in [4.69, 9.17) is 4.42 Å². The predicted molar refractivity (Wildman–Crippen MR) is 61.9 cm³/mol. The summed E-state index contributed by atoms with van der Waals surface area (Å²) >= 11 is 0. The van der Waals surface area contributed by atoms with Crippen molar-refractivity contribution in [1.29, 1.82) is 0 Å². The summed E-state index contributed by atoms with van der Waals surface area (Å²) in [5.74, 6) is 2.11. The van der Waals surface area contributed by atoms with Gasteiger partial charge in [-0.15, -0.1) is 14.8 Å². The number of nitrogens with one attached hydrogen (secondary N) is 1. The van der Waals surface area contributed by atoms with Crippen LogP contribution in [0.5, 0.6) is 0 Å². The molecule has 0 aliphatic rings.